The number of hydrogen-bond donors (Lipinski definition) is 1. The van der Waals surface area contributed by atoms with Crippen LogP contribution in [0.4, 0.5) is 11.5 Å². The summed E-state index contributed by atoms with van der Waals surface area (Å²) in [7, 11) is 0. The minimum atomic E-state index is -0.598. The van der Waals surface area contributed by atoms with E-state index in [1.807, 2.05) is 0 Å². The van der Waals surface area contributed by atoms with Crippen LogP contribution in [0.3, 0.4) is 0 Å². The van der Waals surface area contributed by atoms with Gasteiger partial charge in [-0.25, -0.2) is 4.98 Å². The summed E-state index contributed by atoms with van der Waals surface area (Å²) < 4.78 is 0. The molecular formula is C12H14N4O2. The second-order valence-corrected chi connectivity index (χ2v) is 5.20. The molecule has 0 radical (unpaired) electrons. The molecule has 0 aromatic carbocycles. The van der Waals surface area contributed by atoms with Crippen molar-refractivity contribution in [2.45, 2.75) is 20.3 Å². The summed E-state index contributed by atoms with van der Waals surface area (Å²) in [5, 5.41) is 22.6. The van der Waals surface area contributed by atoms with E-state index in [9.17, 15) is 10.1 Å². The van der Waals surface area contributed by atoms with Crippen LogP contribution in [0, 0.1) is 32.8 Å². The van der Waals surface area contributed by atoms with Gasteiger partial charge in [0.2, 0.25) is 5.69 Å². The summed E-state index contributed by atoms with van der Waals surface area (Å²) in [5.41, 5.74) is -0.0406. The van der Waals surface area contributed by atoms with Crippen LogP contribution in [-0.4, -0.2) is 16.5 Å². The summed E-state index contributed by atoms with van der Waals surface area (Å²) in [6.45, 7) is 5.18. The Hall–Kier alpha value is -2.16. The smallest absolute Gasteiger partial charge is 0.305 e. The fraction of sp³-hybridized carbons (Fsp3) is 0.500. The number of anilines is 1. The lowest BCUT2D eigenvalue weighted by atomic mass is 10.1. The minimum Gasteiger partial charge on any atom is -0.370 e. The predicted molar refractivity (Wildman–Crippen MR) is 66.0 cm³/mol. The third kappa shape index (κ3) is 2.40. The van der Waals surface area contributed by atoms with Gasteiger partial charge in [0, 0.05) is 12.6 Å². The van der Waals surface area contributed by atoms with Gasteiger partial charge in [-0.2, -0.15) is 5.26 Å². The van der Waals surface area contributed by atoms with Gasteiger partial charge >= 0.3 is 5.69 Å². The molecular weight excluding hydrogens is 232 g/mol. The molecule has 1 heterocycles. The van der Waals surface area contributed by atoms with E-state index in [1.54, 1.807) is 6.07 Å². The van der Waals surface area contributed by atoms with Crippen molar-refractivity contribution in [2.24, 2.45) is 11.3 Å². The molecule has 94 valence electrons. The molecule has 2 rings (SSSR count). The summed E-state index contributed by atoms with van der Waals surface area (Å²) in [6, 6.07) is 4.59. The number of nitro groups is 1. The topological polar surface area (TPSA) is 91.9 Å². The highest BCUT2D eigenvalue weighted by atomic mass is 16.6. The van der Waals surface area contributed by atoms with E-state index in [4.69, 9.17) is 5.26 Å². The molecule has 1 aromatic rings. The van der Waals surface area contributed by atoms with Gasteiger partial charge in [-0.05, 0) is 23.8 Å². The molecule has 1 fully saturated rings. The highest BCUT2D eigenvalue weighted by molar-refractivity contribution is 5.50. The number of hydrogen-bond acceptors (Lipinski definition) is 5. The van der Waals surface area contributed by atoms with E-state index in [2.05, 4.69) is 24.1 Å². The van der Waals surface area contributed by atoms with Crippen molar-refractivity contribution >= 4 is 11.5 Å². The van der Waals surface area contributed by atoms with Crippen molar-refractivity contribution in [3.8, 4) is 6.07 Å². The van der Waals surface area contributed by atoms with Crippen LogP contribution in [0.1, 0.15) is 26.0 Å². The Morgan fingerprint density at radius 2 is 2.33 bits per heavy atom. The Bertz CT molecular complexity index is 533. The zero-order valence-electron chi connectivity index (χ0n) is 10.3. The molecule has 6 nitrogen and oxygen atoms in total. The summed E-state index contributed by atoms with van der Waals surface area (Å²) in [4.78, 5) is 14.0. The van der Waals surface area contributed by atoms with Crippen molar-refractivity contribution in [3.63, 3.8) is 0 Å². The molecule has 1 unspecified atom stereocenters. The van der Waals surface area contributed by atoms with E-state index in [0.29, 0.717) is 17.2 Å². The molecule has 0 aliphatic heterocycles. The quantitative estimate of drug-likeness (QED) is 0.650. The van der Waals surface area contributed by atoms with E-state index >= 15 is 0 Å². The van der Waals surface area contributed by atoms with Crippen LogP contribution in [-0.2, 0) is 0 Å². The third-order valence-electron chi connectivity index (χ3n) is 3.42. The molecule has 1 atom stereocenters. The van der Waals surface area contributed by atoms with E-state index < -0.39 is 4.92 Å². The largest absolute Gasteiger partial charge is 0.370 e. The molecule has 1 aliphatic rings. The van der Waals surface area contributed by atoms with Crippen LogP contribution in [0.15, 0.2) is 12.1 Å². The SMILES string of the molecule is CC1(C)CC1CNc1ccc([N+](=O)[O-])c(C#N)n1. The monoisotopic (exact) mass is 246 g/mol. The van der Waals surface area contributed by atoms with E-state index in [-0.39, 0.29) is 11.4 Å². The first kappa shape index (κ1) is 12.3. The molecule has 1 N–H and O–H groups in total. The molecule has 0 amide bonds. The van der Waals surface area contributed by atoms with Crippen molar-refractivity contribution in [2.75, 3.05) is 11.9 Å². The molecule has 0 spiro atoms. The Morgan fingerprint density at radius 3 is 2.83 bits per heavy atom. The van der Waals surface area contributed by atoms with Crippen LogP contribution < -0.4 is 5.32 Å². The van der Waals surface area contributed by atoms with Crippen LogP contribution >= 0.6 is 0 Å². The lowest BCUT2D eigenvalue weighted by Crippen LogP contribution is -2.09. The van der Waals surface area contributed by atoms with Crippen LogP contribution in [0.5, 0.6) is 0 Å². The van der Waals surface area contributed by atoms with Gasteiger partial charge in [0.1, 0.15) is 11.9 Å². The van der Waals surface area contributed by atoms with Crippen molar-refractivity contribution in [1.82, 2.24) is 4.98 Å². The predicted octanol–water partition coefficient (Wildman–Crippen LogP) is 2.32. The Morgan fingerprint density at radius 1 is 1.67 bits per heavy atom. The highest BCUT2D eigenvalue weighted by Gasteiger charge is 2.45. The minimum absolute atomic E-state index is 0.153. The second-order valence-electron chi connectivity index (χ2n) is 5.20. The van der Waals surface area contributed by atoms with E-state index in [1.165, 1.54) is 12.1 Å². The zero-order chi connectivity index (χ0) is 13.3. The molecule has 0 bridgehead atoms. The third-order valence-corrected chi connectivity index (χ3v) is 3.42. The van der Waals surface area contributed by atoms with Gasteiger partial charge in [0.25, 0.3) is 0 Å². The number of nitriles is 1. The van der Waals surface area contributed by atoms with Gasteiger partial charge < -0.3 is 5.32 Å². The number of nitrogens with zero attached hydrogens (tertiary/aromatic N) is 3. The fourth-order valence-corrected chi connectivity index (χ4v) is 1.93. The lowest BCUT2D eigenvalue weighted by molar-refractivity contribution is -0.385. The van der Waals surface area contributed by atoms with Crippen LogP contribution in [0.2, 0.25) is 0 Å². The Balaban J connectivity index is 2.07. The Kier molecular flexibility index (Phi) is 2.91. The van der Waals surface area contributed by atoms with Crippen molar-refractivity contribution < 1.29 is 4.92 Å². The number of pyridine rings is 1. The van der Waals surface area contributed by atoms with E-state index in [0.717, 1.165) is 13.0 Å². The normalized spacial score (nSPS) is 19.9. The van der Waals surface area contributed by atoms with Gasteiger partial charge in [-0.3, -0.25) is 10.1 Å². The maximum atomic E-state index is 10.6. The average molecular weight is 246 g/mol. The standard InChI is InChI=1S/C12H14N4O2/c1-12(2)5-8(12)7-14-11-4-3-10(16(17)18)9(6-13)15-11/h3-4,8H,5,7H2,1-2H3,(H,14,15). The number of aromatic nitrogens is 1. The molecule has 1 aromatic heterocycles. The highest BCUT2D eigenvalue weighted by Crippen LogP contribution is 2.51. The first-order chi connectivity index (χ1) is 8.44. The summed E-state index contributed by atoms with van der Waals surface area (Å²) >= 11 is 0. The molecule has 18 heavy (non-hydrogen) atoms. The molecule has 6 heteroatoms. The van der Waals surface area contributed by atoms with Gasteiger partial charge in [0.15, 0.2) is 0 Å². The Labute approximate surface area is 105 Å². The van der Waals surface area contributed by atoms with Gasteiger partial charge in [0.05, 0.1) is 4.92 Å². The summed E-state index contributed by atoms with van der Waals surface area (Å²) in [5.74, 6) is 1.11. The first-order valence-corrected chi connectivity index (χ1v) is 5.73. The maximum absolute atomic E-state index is 10.6. The maximum Gasteiger partial charge on any atom is 0.305 e. The summed E-state index contributed by atoms with van der Waals surface area (Å²) in [6.07, 6.45) is 1.16. The number of rotatable bonds is 4. The second kappa shape index (κ2) is 4.26. The molecule has 0 saturated heterocycles. The van der Waals surface area contributed by atoms with Crippen LogP contribution in [0.25, 0.3) is 0 Å². The molecule has 1 saturated carbocycles. The zero-order valence-corrected chi connectivity index (χ0v) is 10.3. The van der Waals surface area contributed by atoms with Crippen molar-refractivity contribution in [1.29, 1.82) is 5.26 Å². The van der Waals surface area contributed by atoms with Gasteiger partial charge in [-0.15, -0.1) is 0 Å². The average Bonchev–Trinajstić information content (AvgIpc) is 2.94. The van der Waals surface area contributed by atoms with Gasteiger partial charge in [-0.1, -0.05) is 13.8 Å². The first-order valence-electron chi connectivity index (χ1n) is 5.73. The lowest BCUT2D eigenvalue weighted by Gasteiger charge is -2.07. The fourth-order valence-electron chi connectivity index (χ4n) is 1.93. The number of nitrogens with one attached hydrogen (secondary N) is 1. The molecule has 1 aliphatic carbocycles. The van der Waals surface area contributed by atoms with Crippen molar-refractivity contribution in [3.05, 3.63) is 27.9 Å².